The highest BCUT2D eigenvalue weighted by atomic mass is 16.5. The molecule has 0 radical (unpaired) electrons. The lowest BCUT2D eigenvalue weighted by Gasteiger charge is -2.15. The number of phenols is 2. The van der Waals surface area contributed by atoms with Crippen molar-refractivity contribution in [1.82, 2.24) is 0 Å². The fraction of sp³-hybridized carbons (Fsp3) is 0.0556. The molecule has 0 aliphatic heterocycles. The average molecular weight is 310 g/mol. The van der Waals surface area contributed by atoms with E-state index in [2.05, 4.69) is 6.58 Å². The van der Waals surface area contributed by atoms with E-state index >= 15 is 0 Å². The van der Waals surface area contributed by atoms with Crippen molar-refractivity contribution in [3.63, 3.8) is 0 Å². The van der Waals surface area contributed by atoms with E-state index in [-0.39, 0.29) is 22.7 Å². The van der Waals surface area contributed by atoms with Gasteiger partial charge in [0.25, 0.3) is 0 Å². The molecule has 23 heavy (non-hydrogen) atoms. The minimum atomic E-state index is -0.367. The molecule has 0 amide bonds. The first-order chi connectivity index (χ1) is 11.1. The molecule has 116 valence electrons. The van der Waals surface area contributed by atoms with Crippen molar-refractivity contribution in [2.45, 2.75) is 0 Å². The topological polar surface area (TPSA) is 79.9 Å². The van der Waals surface area contributed by atoms with Gasteiger partial charge in [0.15, 0.2) is 16.9 Å². The normalized spacial score (nSPS) is 10.7. The third kappa shape index (κ3) is 2.32. The smallest absolute Gasteiger partial charge is 0.201 e. The summed E-state index contributed by atoms with van der Waals surface area (Å²) >= 11 is 0. The molecule has 0 atom stereocenters. The average Bonchev–Trinajstić information content (AvgIpc) is 2.57. The van der Waals surface area contributed by atoms with Crippen LogP contribution < -0.4 is 10.2 Å². The third-order valence-electron chi connectivity index (χ3n) is 3.64. The van der Waals surface area contributed by atoms with Gasteiger partial charge >= 0.3 is 0 Å². The number of aromatic hydroxyl groups is 2. The van der Waals surface area contributed by atoms with Crippen LogP contribution in [0.4, 0.5) is 0 Å². The Morgan fingerprint density at radius 3 is 2.70 bits per heavy atom. The molecular weight excluding hydrogens is 296 g/mol. The van der Waals surface area contributed by atoms with Crippen LogP contribution in [0, 0.1) is 0 Å². The van der Waals surface area contributed by atoms with Crippen LogP contribution in [0.2, 0.25) is 0 Å². The Balaban J connectivity index is 2.38. The van der Waals surface area contributed by atoms with Crippen molar-refractivity contribution >= 4 is 17.0 Å². The zero-order valence-corrected chi connectivity index (χ0v) is 12.4. The molecule has 1 aromatic heterocycles. The molecule has 2 N–H and O–H groups in total. The lowest BCUT2D eigenvalue weighted by Crippen LogP contribution is -1.99. The number of benzene rings is 2. The molecule has 2 aromatic carbocycles. The number of ether oxygens (including phenoxy) is 1. The van der Waals surface area contributed by atoms with E-state index in [4.69, 9.17) is 9.15 Å². The maximum atomic E-state index is 12.0. The molecule has 0 bridgehead atoms. The summed E-state index contributed by atoms with van der Waals surface area (Å²) in [6, 6.07) is 7.79. The van der Waals surface area contributed by atoms with Crippen LogP contribution in [0.5, 0.6) is 17.2 Å². The summed E-state index contributed by atoms with van der Waals surface area (Å²) in [5.74, 6) is -0.561. The molecule has 3 aromatic rings. The van der Waals surface area contributed by atoms with Crippen molar-refractivity contribution in [3.05, 3.63) is 59.0 Å². The number of hydrogen-bond donors (Lipinski definition) is 2. The number of fused-ring (bicyclic) bond motifs is 1. The number of methoxy groups -OCH3 is 1. The Morgan fingerprint density at radius 1 is 1.22 bits per heavy atom. The van der Waals surface area contributed by atoms with Crippen LogP contribution in [-0.4, -0.2) is 17.3 Å². The van der Waals surface area contributed by atoms with Gasteiger partial charge in [-0.25, -0.2) is 0 Å². The molecule has 5 heteroatoms. The molecule has 0 unspecified atom stereocenters. The zero-order valence-electron chi connectivity index (χ0n) is 12.4. The van der Waals surface area contributed by atoms with Crippen molar-refractivity contribution in [3.8, 4) is 28.4 Å². The molecular formula is C18H14O5. The summed E-state index contributed by atoms with van der Waals surface area (Å²) in [5, 5.41) is 20.2. The number of phenolic OH excluding ortho intramolecular Hbond substituents is 2. The highest BCUT2D eigenvalue weighted by molar-refractivity contribution is 5.89. The van der Waals surface area contributed by atoms with Crippen molar-refractivity contribution in [2.24, 2.45) is 0 Å². The summed E-state index contributed by atoms with van der Waals surface area (Å²) in [6.45, 7) is 3.71. The first kappa shape index (κ1) is 14.7. The first-order valence-corrected chi connectivity index (χ1v) is 6.84. The highest BCUT2D eigenvalue weighted by Crippen LogP contribution is 2.46. The van der Waals surface area contributed by atoms with Crippen molar-refractivity contribution in [1.29, 1.82) is 0 Å². The molecule has 5 nitrogen and oxygen atoms in total. The molecule has 0 aliphatic carbocycles. The first-order valence-electron chi connectivity index (χ1n) is 6.84. The SMILES string of the molecule is C=Cc1cc(O)c(O)c(OC)c1-c1ccc2occc(=O)c2c1. The standard InChI is InChI=1S/C18H14O5/c1-3-10-9-14(20)17(21)18(22-2)16(10)11-4-5-15-12(8-11)13(19)6-7-23-15/h3-9,20-21H,1H2,2H3. The number of hydrogen-bond acceptors (Lipinski definition) is 5. The summed E-state index contributed by atoms with van der Waals surface area (Å²) in [4.78, 5) is 12.0. The van der Waals surface area contributed by atoms with Crippen LogP contribution in [0.15, 0.2) is 52.4 Å². The van der Waals surface area contributed by atoms with Gasteiger partial charge in [-0.2, -0.15) is 0 Å². The van der Waals surface area contributed by atoms with Gasteiger partial charge in [0.1, 0.15) is 5.58 Å². The van der Waals surface area contributed by atoms with E-state index in [0.29, 0.717) is 27.7 Å². The fourth-order valence-corrected chi connectivity index (χ4v) is 2.55. The molecule has 1 heterocycles. The number of rotatable bonds is 3. The highest BCUT2D eigenvalue weighted by Gasteiger charge is 2.19. The predicted octanol–water partition coefficient (Wildman–Crippen LogP) is 3.52. The largest absolute Gasteiger partial charge is 0.504 e. The van der Waals surface area contributed by atoms with E-state index in [9.17, 15) is 15.0 Å². The molecule has 0 aliphatic rings. The Labute approximate surface area is 131 Å². The van der Waals surface area contributed by atoms with Gasteiger partial charge in [-0.3, -0.25) is 4.79 Å². The maximum absolute atomic E-state index is 12.0. The van der Waals surface area contributed by atoms with E-state index in [1.807, 2.05) is 0 Å². The van der Waals surface area contributed by atoms with E-state index in [0.717, 1.165) is 0 Å². The van der Waals surface area contributed by atoms with E-state index < -0.39 is 0 Å². The van der Waals surface area contributed by atoms with Gasteiger partial charge < -0.3 is 19.4 Å². The van der Waals surface area contributed by atoms with Crippen LogP contribution in [0.25, 0.3) is 28.2 Å². The third-order valence-corrected chi connectivity index (χ3v) is 3.64. The lowest BCUT2D eigenvalue weighted by atomic mass is 9.96. The summed E-state index contributed by atoms with van der Waals surface area (Å²) < 4.78 is 10.5. The molecule has 0 fully saturated rings. The Kier molecular flexibility index (Phi) is 3.54. The Hall–Kier alpha value is -3.21. The molecule has 3 rings (SSSR count). The van der Waals surface area contributed by atoms with Gasteiger partial charge in [0.2, 0.25) is 5.75 Å². The van der Waals surface area contributed by atoms with Crippen molar-refractivity contribution < 1.29 is 19.4 Å². The minimum Gasteiger partial charge on any atom is -0.504 e. The van der Waals surface area contributed by atoms with Gasteiger partial charge in [0.05, 0.1) is 18.8 Å². The quantitative estimate of drug-likeness (QED) is 0.723. The maximum Gasteiger partial charge on any atom is 0.201 e. The molecule has 0 saturated carbocycles. The predicted molar refractivity (Wildman–Crippen MR) is 87.9 cm³/mol. The van der Waals surface area contributed by atoms with Gasteiger partial charge in [-0.15, -0.1) is 0 Å². The van der Waals surface area contributed by atoms with E-state index in [1.165, 1.54) is 31.6 Å². The van der Waals surface area contributed by atoms with Crippen LogP contribution >= 0.6 is 0 Å². The Morgan fingerprint density at radius 2 is 2.00 bits per heavy atom. The van der Waals surface area contributed by atoms with Crippen LogP contribution in [0.1, 0.15) is 5.56 Å². The fourth-order valence-electron chi connectivity index (χ4n) is 2.55. The minimum absolute atomic E-state index is 0.111. The second-order valence-corrected chi connectivity index (χ2v) is 4.94. The summed E-state index contributed by atoms with van der Waals surface area (Å²) in [7, 11) is 1.39. The summed E-state index contributed by atoms with van der Waals surface area (Å²) in [5.41, 5.74) is 2.02. The molecule has 0 saturated heterocycles. The van der Waals surface area contributed by atoms with Gasteiger partial charge in [0, 0.05) is 11.6 Å². The molecule has 0 spiro atoms. The second-order valence-electron chi connectivity index (χ2n) is 4.94. The van der Waals surface area contributed by atoms with E-state index in [1.54, 1.807) is 18.2 Å². The zero-order chi connectivity index (χ0) is 16.6. The lowest BCUT2D eigenvalue weighted by molar-refractivity contribution is 0.352. The summed E-state index contributed by atoms with van der Waals surface area (Å²) in [6.07, 6.45) is 2.88. The van der Waals surface area contributed by atoms with Crippen molar-refractivity contribution in [2.75, 3.05) is 7.11 Å². The van der Waals surface area contributed by atoms with Crippen LogP contribution in [-0.2, 0) is 0 Å². The van der Waals surface area contributed by atoms with Gasteiger partial charge in [-0.1, -0.05) is 18.7 Å². The monoisotopic (exact) mass is 310 g/mol. The second kappa shape index (κ2) is 5.53. The Bertz CT molecular complexity index is 969. The van der Waals surface area contributed by atoms with Gasteiger partial charge in [-0.05, 0) is 29.3 Å². The van der Waals surface area contributed by atoms with Crippen LogP contribution in [0.3, 0.4) is 0 Å².